The van der Waals surface area contributed by atoms with Gasteiger partial charge in [0.1, 0.15) is 5.75 Å². The first-order valence-corrected chi connectivity index (χ1v) is 8.39. The normalized spacial score (nSPS) is 12.4. The highest BCUT2D eigenvalue weighted by Gasteiger charge is 2.23. The quantitative estimate of drug-likeness (QED) is 0.735. The minimum Gasteiger partial charge on any atom is -0.421 e. The summed E-state index contributed by atoms with van der Waals surface area (Å²) in [5.41, 5.74) is 0. The van der Waals surface area contributed by atoms with Crippen molar-refractivity contribution in [3.63, 3.8) is 0 Å². The third-order valence-corrected chi connectivity index (χ3v) is 4.13. The van der Waals surface area contributed by atoms with Gasteiger partial charge in [0.15, 0.2) is 0 Å². The van der Waals surface area contributed by atoms with Gasteiger partial charge in [-0.25, -0.2) is 4.57 Å². The molecule has 0 heterocycles. The fraction of sp³-hybridized carbons (Fsp3) is 0. The average molecular weight is 312 g/mol. The van der Waals surface area contributed by atoms with E-state index in [1.165, 1.54) is 0 Å². The minimum absolute atomic E-state index is 0.291. The minimum atomic E-state index is -3.77. The Morgan fingerprint density at radius 2 is 1.00 bits per heavy atom. The van der Waals surface area contributed by atoms with Crippen molar-refractivity contribution in [2.45, 2.75) is 0 Å². The lowest BCUT2D eigenvalue weighted by atomic mass is 10.3. The van der Waals surface area contributed by atoms with Crippen LogP contribution in [-0.4, -0.2) is 4.89 Å². The first kappa shape index (κ1) is 16.0. The van der Waals surface area contributed by atoms with E-state index in [2.05, 4.69) is 0 Å². The van der Waals surface area contributed by atoms with E-state index in [0.717, 1.165) is 0 Å². The van der Waals surface area contributed by atoms with Crippen LogP contribution in [0.15, 0.2) is 97.1 Å². The molecule has 0 saturated carbocycles. The zero-order valence-corrected chi connectivity index (χ0v) is 12.8. The molecule has 1 N–H and O–H groups in total. The third kappa shape index (κ3) is 5.21. The van der Waals surface area contributed by atoms with Gasteiger partial charge in [-0.3, -0.25) is 0 Å². The molecular formula is C18H17O3P. The van der Waals surface area contributed by atoms with Gasteiger partial charge in [-0.1, -0.05) is 72.8 Å². The van der Waals surface area contributed by atoms with Crippen molar-refractivity contribution in [3.05, 3.63) is 97.1 Å². The van der Waals surface area contributed by atoms with Crippen LogP contribution in [0.25, 0.3) is 0 Å². The molecule has 0 spiro atoms. The van der Waals surface area contributed by atoms with Gasteiger partial charge in [0.25, 0.3) is 0 Å². The number of benzene rings is 3. The van der Waals surface area contributed by atoms with Crippen LogP contribution in [0.2, 0.25) is 0 Å². The van der Waals surface area contributed by atoms with Crippen molar-refractivity contribution in [2.75, 3.05) is 0 Å². The summed E-state index contributed by atoms with van der Waals surface area (Å²) in [5, 5.41) is 0.291. The van der Waals surface area contributed by atoms with Crippen LogP contribution in [0.1, 0.15) is 0 Å². The monoisotopic (exact) mass is 312 g/mol. The number of rotatable bonds is 3. The summed E-state index contributed by atoms with van der Waals surface area (Å²) in [6, 6.07) is 28.9. The smallest absolute Gasteiger partial charge is 0.408 e. The molecular weight excluding hydrogens is 295 g/mol. The molecule has 3 aromatic carbocycles. The summed E-state index contributed by atoms with van der Waals surface area (Å²) in [4.78, 5) is 9.77. The predicted octanol–water partition coefficient (Wildman–Crippen LogP) is 4.26. The maximum absolute atomic E-state index is 11.9. The summed E-state index contributed by atoms with van der Waals surface area (Å²) in [7, 11) is -3.77. The van der Waals surface area contributed by atoms with Crippen LogP contribution >= 0.6 is 7.60 Å². The van der Waals surface area contributed by atoms with E-state index in [4.69, 9.17) is 4.52 Å². The van der Waals surface area contributed by atoms with Gasteiger partial charge in [0, 0.05) is 0 Å². The Balaban J connectivity index is 0.000000246. The SMILES string of the molecule is O=P(O)(Oc1ccccc1)c1ccccc1.c1ccccc1. The molecule has 0 fully saturated rings. The van der Waals surface area contributed by atoms with Crippen molar-refractivity contribution in [2.24, 2.45) is 0 Å². The second kappa shape index (κ2) is 8.18. The molecule has 112 valence electrons. The van der Waals surface area contributed by atoms with Crippen molar-refractivity contribution in [3.8, 4) is 5.75 Å². The summed E-state index contributed by atoms with van der Waals surface area (Å²) in [5.74, 6) is 0.386. The van der Waals surface area contributed by atoms with Crippen molar-refractivity contribution in [1.29, 1.82) is 0 Å². The van der Waals surface area contributed by atoms with E-state index in [-0.39, 0.29) is 0 Å². The van der Waals surface area contributed by atoms with E-state index in [1.807, 2.05) is 42.5 Å². The molecule has 0 amide bonds. The second-order valence-corrected chi connectivity index (χ2v) is 6.15. The van der Waals surface area contributed by atoms with E-state index < -0.39 is 7.60 Å². The van der Waals surface area contributed by atoms with Crippen LogP contribution in [0, 0.1) is 0 Å². The first-order chi connectivity index (χ1) is 10.7. The fourth-order valence-corrected chi connectivity index (χ4v) is 2.74. The molecule has 0 saturated heterocycles. The van der Waals surface area contributed by atoms with Crippen LogP contribution < -0.4 is 9.83 Å². The molecule has 3 rings (SSSR count). The van der Waals surface area contributed by atoms with Crippen molar-refractivity contribution >= 4 is 12.9 Å². The largest absolute Gasteiger partial charge is 0.421 e. The Morgan fingerprint density at radius 3 is 1.45 bits per heavy atom. The molecule has 1 unspecified atom stereocenters. The number of hydrogen-bond acceptors (Lipinski definition) is 2. The molecule has 3 aromatic rings. The predicted molar refractivity (Wildman–Crippen MR) is 89.4 cm³/mol. The lowest BCUT2D eigenvalue weighted by Crippen LogP contribution is -2.08. The molecule has 0 aromatic heterocycles. The topological polar surface area (TPSA) is 46.5 Å². The molecule has 4 heteroatoms. The number of para-hydroxylation sites is 1. The molecule has 3 nitrogen and oxygen atoms in total. The molecule has 0 aliphatic rings. The molecule has 22 heavy (non-hydrogen) atoms. The average Bonchev–Trinajstić information content (AvgIpc) is 2.58. The van der Waals surface area contributed by atoms with E-state index in [1.54, 1.807) is 54.6 Å². The van der Waals surface area contributed by atoms with Crippen LogP contribution in [0.5, 0.6) is 5.75 Å². The van der Waals surface area contributed by atoms with E-state index in [9.17, 15) is 9.46 Å². The standard InChI is InChI=1S/C12H11O3P.C6H6/c13-16(14,12-9-5-2-6-10-12)15-11-7-3-1-4-8-11;1-2-4-6-5-3-1/h1-10H,(H,13,14);1-6H. The Hall–Kier alpha value is -2.35. The van der Waals surface area contributed by atoms with Crippen molar-refractivity contribution in [1.82, 2.24) is 0 Å². The van der Waals surface area contributed by atoms with Gasteiger partial charge < -0.3 is 9.42 Å². The lowest BCUT2D eigenvalue weighted by Gasteiger charge is -2.12. The number of hydrogen-bond donors (Lipinski definition) is 1. The van der Waals surface area contributed by atoms with Gasteiger partial charge >= 0.3 is 7.60 Å². The fourth-order valence-electron chi connectivity index (χ4n) is 1.68. The zero-order valence-electron chi connectivity index (χ0n) is 11.9. The summed E-state index contributed by atoms with van der Waals surface area (Å²) in [6.45, 7) is 0. The summed E-state index contributed by atoms with van der Waals surface area (Å²) in [6.07, 6.45) is 0. The van der Waals surface area contributed by atoms with Gasteiger partial charge in [0.05, 0.1) is 5.30 Å². The highest BCUT2D eigenvalue weighted by Crippen LogP contribution is 2.41. The highest BCUT2D eigenvalue weighted by atomic mass is 31.2. The van der Waals surface area contributed by atoms with E-state index >= 15 is 0 Å². The van der Waals surface area contributed by atoms with Gasteiger partial charge in [-0.15, -0.1) is 0 Å². The maximum Gasteiger partial charge on any atom is 0.408 e. The Bertz CT molecular complexity index is 673. The van der Waals surface area contributed by atoms with E-state index in [0.29, 0.717) is 11.1 Å². The summed E-state index contributed by atoms with van der Waals surface area (Å²) < 4.78 is 17.0. The molecule has 0 radical (unpaired) electrons. The Labute approximate surface area is 130 Å². The van der Waals surface area contributed by atoms with Gasteiger partial charge in [-0.05, 0) is 24.3 Å². The Morgan fingerprint density at radius 1 is 0.636 bits per heavy atom. The molecule has 0 aliphatic heterocycles. The zero-order chi connectivity index (χ0) is 15.7. The van der Waals surface area contributed by atoms with Gasteiger partial charge in [-0.2, -0.15) is 0 Å². The highest BCUT2D eigenvalue weighted by molar-refractivity contribution is 7.61. The molecule has 1 atom stereocenters. The Kier molecular flexibility index (Phi) is 5.96. The molecule has 0 aliphatic carbocycles. The van der Waals surface area contributed by atoms with Gasteiger partial charge in [0.2, 0.25) is 0 Å². The lowest BCUT2D eigenvalue weighted by molar-refractivity contribution is 0.393. The van der Waals surface area contributed by atoms with Crippen LogP contribution in [0.3, 0.4) is 0 Å². The van der Waals surface area contributed by atoms with Crippen LogP contribution in [0.4, 0.5) is 0 Å². The summed E-state index contributed by atoms with van der Waals surface area (Å²) >= 11 is 0. The van der Waals surface area contributed by atoms with Crippen LogP contribution in [-0.2, 0) is 4.57 Å². The molecule has 0 bridgehead atoms. The second-order valence-electron chi connectivity index (χ2n) is 4.41. The first-order valence-electron chi connectivity index (χ1n) is 6.81. The third-order valence-electron chi connectivity index (χ3n) is 2.72. The maximum atomic E-state index is 11.9. The van der Waals surface area contributed by atoms with Crippen molar-refractivity contribution < 1.29 is 14.0 Å².